The van der Waals surface area contributed by atoms with Gasteiger partial charge in [-0.25, -0.2) is 0 Å². The lowest BCUT2D eigenvalue weighted by Crippen LogP contribution is -2.45. The zero-order chi connectivity index (χ0) is 17.8. The molecule has 1 aromatic rings. The molecule has 1 aromatic carbocycles. The van der Waals surface area contributed by atoms with E-state index in [-0.39, 0.29) is 30.3 Å². The summed E-state index contributed by atoms with van der Waals surface area (Å²) in [4.78, 5) is 28.5. The van der Waals surface area contributed by atoms with E-state index < -0.39 is 0 Å². The summed E-state index contributed by atoms with van der Waals surface area (Å²) in [6, 6.07) is 7.69. The average molecular weight is 344 g/mol. The van der Waals surface area contributed by atoms with Crippen molar-refractivity contribution >= 4 is 11.8 Å². The molecule has 2 heterocycles. The number of carbonyl (C=O) groups excluding carboxylic acids is 2. The van der Waals surface area contributed by atoms with Crippen LogP contribution in [0.1, 0.15) is 48.0 Å². The van der Waals surface area contributed by atoms with Crippen molar-refractivity contribution in [3.05, 3.63) is 35.4 Å². The summed E-state index contributed by atoms with van der Waals surface area (Å²) in [5, 5.41) is 0. The highest BCUT2D eigenvalue weighted by Crippen LogP contribution is 2.28. The number of nitrogens with zero attached hydrogens (tertiary/aromatic N) is 2. The number of hydrogen-bond donors (Lipinski definition) is 2. The molecule has 0 unspecified atom stereocenters. The van der Waals surface area contributed by atoms with Crippen molar-refractivity contribution in [2.75, 3.05) is 19.6 Å². The summed E-state index contributed by atoms with van der Waals surface area (Å²) < 4.78 is 0. The molecule has 2 atom stereocenters. The van der Waals surface area contributed by atoms with Crippen LogP contribution < -0.4 is 11.5 Å². The van der Waals surface area contributed by atoms with E-state index in [9.17, 15) is 9.59 Å². The van der Waals surface area contributed by atoms with Crippen molar-refractivity contribution in [3.63, 3.8) is 0 Å². The van der Waals surface area contributed by atoms with E-state index in [1.165, 1.54) is 18.4 Å². The molecule has 2 aliphatic rings. The maximum atomic E-state index is 13.0. The number of carbonyl (C=O) groups is 2. The van der Waals surface area contributed by atoms with Crippen LogP contribution in [0.2, 0.25) is 0 Å². The first-order valence-electron chi connectivity index (χ1n) is 9.21. The van der Waals surface area contributed by atoms with Gasteiger partial charge in [0.2, 0.25) is 5.91 Å². The molecule has 136 valence electrons. The normalized spacial score (nSPS) is 24.0. The van der Waals surface area contributed by atoms with Gasteiger partial charge in [-0.2, -0.15) is 0 Å². The highest BCUT2D eigenvalue weighted by molar-refractivity contribution is 5.95. The minimum Gasteiger partial charge on any atom is -0.370 e. The summed E-state index contributed by atoms with van der Waals surface area (Å²) in [6.07, 6.45) is 4.35. The van der Waals surface area contributed by atoms with Gasteiger partial charge in [-0.15, -0.1) is 0 Å². The summed E-state index contributed by atoms with van der Waals surface area (Å²) in [5.74, 6) is -0.423. The molecule has 2 amide bonds. The minimum absolute atomic E-state index is 0.0128. The Morgan fingerprint density at radius 3 is 2.28 bits per heavy atom. The monoisotopic (exact) mass is 344 g/mol. The summed E-state index contributed by atoms with van der Waals surface area (Å²) in [5.41, 5.74) is 13.1. The molecular weight excluding hydrogens is 316 g/mol. The zero-order valence-corrected chi connectivity index (χ0v) is 14.7. The highest BCUT2D eigenvalue weighted by Gasteiger charge is 2.37. The summed E-state index contributed by atoms with van der Waals surface area (Å²) in [6.45, 7) is 3.66. The topological polar surface area (TPSA) is 92.7 Å². The SMILES string of the molecule is NC[C@@H]1CC[C@H](CC(N)=O)N1C(=O)c1ccc(CN2CCCC2)cc1. The molecule has 6 nitrogen and oxygen atoms in total. The quantitative estimate of drug-likeness (QED) is 0.808. The van der Waals surface area contributed by atoms with Gasteiger partial charge >= 0.3 is 0 Å². The fourth-order valence-electron chi connectivity index (χ4n) is 4.06. The van der Waals surface area contributed by atoms with E-state index >= 15 is 0 Å². The molecule has 0 spiro atoms. The number of nitrogens with two attached hydrogens (primary N) is 2. The molecule has 0 bridgehead atoms. The van der Waals surface area contributed by atoms with Crippen LogP contribution in [0.15, 0.2) is 24.3 Å². The maximum absolute atomic E-state index is 13.0. The summed E-state index contributed by atoms with van der Waals surface area (Å²) >= 11 is 0. The van der Waals surface area contributed by atoms with Gasteiger partial charge in [0, 0.05) is 37.2 Å². The van der Waals surface area contributed by atoms with Gasteiger partial charge in [0.25, 0.3) is 5.91 Å². The second kappa shape index (κ2) is 7.97. The number of primary amides is 1. The van der Waals surface area contributed by atoms with Gasteiger partial charge in [-0.05, 0) is 56.5 Å². The van der Waals surface area contributed by atoms with Crippen LogP contribution >= 0.6 is 0 Å². The van der Waals surface area contributed by atoms with E-state index in [0.717, 1.165) is 32.5 Å². The molecule has 2 saturated heterocycles. The van der Waals surface area contributed by atoms with Crippen LogP contribution in [0.5, 0.6) is 0 Å². The van der Waals surface area contributed by atoms with Gasteiger partial charge in [-0.1, -0.05) is 12.1 Å². The average Bonchev–Trinajstić information content (AvgIpc) is 3.24. The first-order chi connectivity index (χ1) is 12.1. The fourth-order valence-corrected chi connectivity index (χ4v) is 4.06. The van der Waals surface area contributed by atoms with E-state index in [1.54, 1.807) is 4.90 Å². The minimum atomic E-state index is -0.374. The van der Waals surface area contributed by atoms with Crippen LogP contribution in [0.4, 0.5) is 0 Å². The Morgan fingerprint density at radius 2 is 1.68 bits per heavy atom. The van der Waals surface area contributed by atoms with Crippen molar-refractivity contribution in [3.8, 4) is 0 Å². The van der Waals surface area contributed by atoms with E-state index in [1.807, 2.05) is 24.3 Å². The van der Waals surface area contributed by atoms with Gasteiger partial charge < -0.3 is 16.4 Å². The predicted molar refractivity (Wildman–Crippen MR) is 96.8 cm³/mol. The fraction of sp³-hybridized carbons (Fsp3) is 0.579. The van der Waals surface area contributed by atoms with Crippen LogP contribution in [0.25, 0.3) is 0 Å². The molecule has 0 saturated carbocycles. The predicted octanol–water partition coefficient (Wildman–Crippen LogP) is 1.09. The van der Waals surface area contributed by atoms with Crippen LogP contribution in [0.3, 0.4) is 0 Å². The molecule has 2 fully saturated rings. The van der Waals surface area contributed by atoms with E-state index in [4.69, 9.17) is 11.5 Å². The third-order valence-electron chi connectivity index (χ3n) is 5.37. The Morgan fingerprint density at radius 1 is 1.04 bits per heavy atom. The lowest BCUT2D eigenvalue weighted by atomic mass is 10.1. The molecule has 6 heteroatoms. The van der Waals surface area contributed by atoms with Gasteiger partial charge in [0.05, 0.1) is 0 Å². The van der Waals surface area contributed by atoms with Gasteiger partial charge in [0.1, 0.15) is 0 Å². The smallest absolute Gasteiger partial charge is 0.254 e. The third-order valence-corrected chi connectivity index (χ3v) is 5.37. The molecule has 25 heavy (non-hydrogen) atoms. The molecule has 0 radical (unpaired) electrons. The standard InChI is InChI=1S/C19H28N4O2/c20-12-17-8-7-16(11-18(21)24)23(17)19(25)15-5-3-14(4-6-15)13-22-9-1-2-10-22/h3-6,16-17H,1-2,7-13,20H2,(H2,21,24)/t16-,17+/m1/s1. The lowest BCUT2D eigenvalue weighted by Gasteiger charge is -2.29. The number of likely N-dealkylation sites (tertiary alicyclic amines) is 2. The zero-order valence-electron chi connectivity index (χ0n) is 14.7. The van der Waals surface area contributed by atoms with Crippen LogP contribution in [-0.2, 0) is 11.3 Å². The highest BCUT2D eigenvalue weighted by atomic mass is 16.2. The first-order valence-corrected chi connectivity index (χ1v) is 9.21. The Labute approximate surface area is 149 Å². The lowest BCUT2D eigenvalue weighted by molar-refractivity contribution is -0.118. The molecule has 0 aliphatic carbocycles. The van der Waals surface area contributed by atoms with Crippen molar-refractivity contribution in [1.29, 1.82) is 0 Å². The summed E-state index contributed by atoms with van der Waals surface area (Å²) in [7, 11) is 0. The molecule has 3 rings (SSSR count). The largest absolute Gasteiger partial charge is 0.370 e. The van der Waals surface area contributed by atoms with Crippen molar-refractivity contribution in [2.24, 2.45) is 11.5 Å². The van der Waals surface area contributed by atoms with E-state index in [0.29, 0.717) is 12.1 Å². The Hall–Kier alpha value is -1.92. The Balaban J connectivity index is 1.70. The van der Waals surface area contributed by atoms with Crippen molar-refractivity contribution in [1.82, 2.24) is 9.80 Å². The Bertz CT molecular complexity index is 610. The van der Waals surface area contributed by atoms with Gasteiger partial charge in [-0.3, -0.25) is 14.5 Å². The molecule has 4 N–H and O–H groups in total. The third kappa shape index (κ3) is 4.19. The van der Waals surface area contributed by atoms with Gasteiger partial charge in [0.15, 0.2) is 0 Å². The number of amides is 2. The molecule has 0 aromatic heterocycles. The number of rotatable bonds is 6. The molecule has 2 aliphatic heterocycles. The number of hydrogen-bond acceptors (Lipinski definition) is 4. The van der Waals surface area contributed by atoms with Crippen molar-refractivity contribution in [2.45, 2.75) is 50.7 Å². The Kier molecular flexibility index (Phi) is 5.71. The first kappa shape index (κ1) is 17.9. The maximum Gasteiger partial charge on any atom is 0.254 e. The van der Waals surface area contributed by atoms with Crippen molar-refractivity contribution < 1.29 is 9.59 Å². The number of benzene rings is 1. The van der Waals surface area contributed by atoms with E-state index in [2.05, 4.69) is 4.90 Å². The second-order valence-corrected chi connectivity index (χ2v) is 7.18. The van der Waals surface area contributed by atoms with Crippen LogP contribution in [-0.4, -0.2) is 53.3 Å². The van der Waals surface area contributed by atoms with Crippen LogP contribution in [0, 0.1) is 0 Å². The molecular formula is C19H28N4O2. The second-order valence-electron chi connectivity index (χ2n) is 7.18.